The SMILES string of the molecule is COc1ccc(F)c(F)c1CN1C[C@@H]2CN(C)[C@H](c3ccccc3C)[C@@H]2C1. The second-order valence-electron chi connectivity index (χ2n) is 7.90. The minimum absolute atomic E-state index is 0.318. The van der Waals surface area contributed by atoms with Crippen LogP contribution >= 0.6 is 0 Å². The Morgan fingerprint density at radius 3 is 2.59 bits per heavy atom. The smallest absolute Gasteiger partial charge is 0.167 e. The molecule has 5 heteroatoms. The molecule has 0 saturated carbocycles. The number of benzene rings is 2. The molecule has 144 valence electrons. The Kier molecular flexibility index (Phi) is 4.91. The van der Waals surface area contributed by atoms with Crippen LogP contribution in [-0.2, 0) is 6.54 Å². The molecule has 0 N–H and O–H groups in total. The van der Waals surface area contributed by atoms with E-state index in [1.165, 1.54) is 24.3 Å². The molecule has 3 nitrogen and oxygen atoms in total. The summed E-state index contributed by atoms with van der Waals surface area (Å²) in [6, 6.07) is 11.6. The quantitative estimate of drug-likeness (QED) is 0.806. The minimum Gasteiger partial charge on any atom is -0.496 e. The van der Waals surface area contributed by atoms with Crippen LogP contribution in [0, 0.1) is 30.4 Å². The molecule has 0 aliphatic carbocycles. The summed E-state index contributed by atoms with van der Waals surface area (Å²) in [5.41, 5.74) is 3.01. The predicted molar refractivity (Wildman–Crippen MR) is 102 cm³/mol. The summed E-state index contributed by atoms with van der Waals surface area (Å²) >= 11 is 0. The molecule has 27 heavy (non-hydrogen) atoms. The molecule has 3 atom stereocenters. The Balaban J connectivity index is 1.56. The van der Waals surface area contributed by atoms with Crippen LogP contribution in [0.25, 0.3) is 0 Å². The first-order chi connectivity index (χ1) is 13.0. The summed E-state index contributed by atoms with van der Waals surface area (Å²) in [4.78, 5) is 4.69. The van der Waals surface area contributed by atoms with Gasteiger partial charge in [-0.05, 0) is 49.1 Å². The van der Waals surface area contributed by atoms with E-state index in [0.29, 0.717) is 35.7 Å². The largest absolute Gasteiger partial charge is 0.496 e. The van der Waals surface area contributed by atoms with Gasteiger partial charge in [0.05, 0.1) is 7.11 Å². The molecule has 2 fully saturated rings. The van der Waals surface area contributed by atoms with E-state index in [4.69, 9.17) is 4.74 Å². The normalized spacial score (nSPS) is 25.7. The molecule has 0 unspecified atom stereocenters. The highest BCUT2D eigenvalue weighted by atomic mass is 19.2. The number of nitrogens with zero attached hydrogens (tertiary/aromatic N) is 2. The van der Waals surface area contributed by atoms with E-state index in [0.717, 1.165) is 25.7 Å². The van der Waals surface area contributed by atoms with Crippen molar-refractivity contribution in [2.75, 3.05) is 33.8 Å². The third-order valence-electron chi connectivity index (χ3n) is 6.23. The topological polar surface area (TPSA) is 15.7 Å². The fraction of sp³-hybridized carbons (Fsp3) is 0.455. The summed E-state index contributed by atoms with van der Waals surface area (Å²) in [5, 5.41) is 0. The van der Waals surface area contributed by atoms with Crippen LogP contribution < -0.4 is 4.74 Å². The summed E-state index contributed by atoms with van der Waals surface area (Å²) in [5.74, 6) is -0.152. The molecular weight excluding hydrogens is 346 g/mol. The Morgan fingerprint density at radius 2 is 1.85 bits per heavy atom. The van der Waals surface area contributed by atoms with Gasteiger partial charge in [-0.3, -0.25) is 9.80 Å². The highest BCUT2D eigenvalue weighted by molar-refractivity contribution is 5.36. The van der Waals surface area contributed by atoms with Crippen LogP contribution in [0.1, 0.15) is 22.7 Å². The van der Waals surface area contributed by atoms with Gasteiger partial charge in [0.15, 0.2) is 11.6 Å². The Labute approximate surface area is 159 Å². The molecule has 2 aliphatic heterocycles. The van der Waals surface area contributed by atoms with E-state index in [1.54, 1.807) is 0 Å². The van der Waals surface area contributed by atoms with Crippen molar-refractivity contribution in [1.29, 1.82) is 0 Å². The van der Waals surface area contributed by atoms with E-state index in [-0.39, 0.29) is 0 Å². The molecule has 0 amide bonds. The Hall–Kier alpha value is -1.98. The number of fused-ring (bicyclic) bond motifs is 1. The van der Waals surface area contributed by atoms with Gasteiger partial charge in [0.1, 0.15) is 5.75 Å². The fourth-order valence-corrected chi connectivity index (χ4v) is 5.00. The lowest BCUT2D eigenvalue weighted by atomic mass is 9.88. The number of halogens is 2. The number of likely N-dealkylation sites (tertiary alicyclic amines) is 2. The molecule has 2 aliphatic rings. The van der Waals surface area contributed by atoms with Crippen molar-refractivity contribution >= 4 is 0 Å². The highest BCUT2D eigenvalue weighted by Gasteiger charge is 2.46. The molecule has 0 aromatic heterocycles. The van der Waals surface area contributed by atoms with Gasteiger partial charge in [-0.1, -0.05) is 24.3 Å². The fourth-order valence-electron chi connectivity index (χ4n) is 5.00. The monoisotopic (exact) mass is 372 g/mol. The molecule has 0 spiro atoms. The van der Waals surface area contributed by atoms with E-state index in [9.17, 15) is 8.78 Å². The van der Waals surface area contributed by atoms with Gasteiger partial charge in [-0.25, -0.2) is 8.78 Å². The lowest BCUT2D eigenvalue weighted by molar-refractivity contribution is 0.220. The predicted octanol–water partition coefficient (Wildman–Crippen LogP) is 4.02. The summed E-state index contributed by atoms with van der Waals surface area (Å²) in [7, 11) is 3.69. The van der Waals surface area contributed by atoms with Gasteiger partial charge in [0, 0.05) is 37.8 Å². The van der Waals surface area contributed by atoms with Crippen LogP contribution in [-0.4, -0.2) is 43.6 Å². The van der Waals surface area contributed by atoms with Gasteiger partial charge in [-0.15, -0.1) is 0 Å². The third kappa shape index (κ3) is 3.23. The number of aryl methyl sites for hydroxylation is 1. The maximum atomic E-state index is 14.4. The lowest BCUT2D eigenvalue weighted by Crippen LogP contribution is -2.29. The standard InChI is InChI=1S/C22H26F2N2O/c1-14-6-4-5-7-16(14)22-17-12-26(11-15(17)10-25(22)2)13-18-20(27-3)9-8-19(23)21(18)24/h4-9,15,17,22H,10-13H2,1-3H3/t15-,17+,22+/m0/s1. The molecule has 2 heterocycles. The summed E-state index contributed by atoms with van der Waals surface area (Å²) in [6.07, 6.45) is 0. The average Bonchev–Trinajstić information content (AvgIpc) is 3.16. The van der Waals surface area contributed by atoms with Crippen molar-refractivity contribution in [2.45, 2.75) is 19.5 Å². The van der Waals surface area contributed by atoms with Crippen molar-refractivity contribution < 1.29 is 13.5 Å². The van der Waals surface area contributed by atoms with Gasteiger partial charge in [0.2, 0.25) is 0 Å². The maximum absolute atomic E-state index is 14.4. The number of methoxy groups -OCH3 is 1. The Bertz CT molecular complexity index is 841. The lowest BCUT2D eigenvalue weighted by Gasteiger charge is -2.28. The zero-order valence-electron chi connectivity index (χ0n) is 16.1. The first-order valence-electron chi connectivity index (χ1n) is 9.48. The number of hydrogen-bond acceptors (Lipinski definition) is 3. The van der Waals surface area contributed by atoms with Crippen LogP contribution in [0.15, 0.2) is 36.4 Å². The molecule has 0 bridgehead atoms. The average molecular weight is 372 g/mol. The van der Waals surface area contributed by atoms with Gasteiger partial charge in [0.25, 0.3) is 0 Å². The van der Waals surface area contributed by atoms with E-state index in [1.807, 2.05) is 0 Å². The van der Waals surface area contributed by atoms with Gasteiger partial charge < -0.3 is 4.74 Å². The molecule has 4 rings (SSSR count). The number of rotatable bonds is 4. The van der Waals surface area contributed by atoms with Crippen molar-refractivity contribution in [3.63, 3.8) is 0 Å². The van der Waals surface area contributed by atoms with E-state index in [2.05, 4.69) is 48.0 Å². The highest BCUT2D eigenvalue weighted by Crippen LogP contribution is 2.45. The molecule has 2 aromatic rings. The molecule has 0 radical (unpaired) electrons. The van der Waals surface area contributed by atoms with Gasteiger partial charge in [-0.2, -0.15) is 0 Å². The van der Waals surface area contributed by atoms with Gasteiger partial charge >= 0.3 is 0 Å². The van der Waals surface area contributed by atoms with Crippen molar-refractivity contribution in [3.05, 3.63) is 64.7 Å². The first-order valence-corrected chi connectivity index (χ1v) is 9.48. The maximum Gasteiger partial charge on any atom is 0.167 e. The zero-order chi connectivity index (χ0) is 19.1. The van der Waals surface area contributed by atoms with Crippen molar-refractivity contribution in [3.8, 4) is 5.75 Å². The van der Waals surface area contributed by atoms with Crippen LogP contribution in [0.3, 0.4) is 0 Å². The summed E-state index contributed by atoms with van der Waals surface area (Å²) < 4.78 is 33.4. The van der Waals surface area contributed by atoms with Crippen LogP contribution in [0.4, 0.5) is 8.78 Å². The number of hydrogen-bond donors (Lipinski definition) is 0. The second-order valence-corrected chi connectivity index (χ2v) is 7.90. The van der Waals surface area contributed by atoms with E-state index >= 15 is 0 Å². The molecule has 2 saturated heterocycles. The molecule has 2 aromatic carbocycles. The minimum atomic E-state index is -0.817. The first kappa shape index (κ1) is 18.4. The van der Waals surface area contributed by atoms with Crippen LogP contribution in [0.5, 0.6) is 5.75 Å². The number of ether oxygens (including phenoxy) is 1. The van der Waals surface area contributed by atoms with Crippen molar-refractivity contribution in [1.82, 2.24) is 9.80 Å². The third-order valence-corrected chi connectivity index (χ3v) is 6.23. The van der Waals surface area contributed by atoms with E-state index < -0.39 is 11.6 Å². The zero-order valence-corrected chi connectivity index (χ0v) is 16.1. The molecular formula is C22H26F2N2O. The van der Waals surface area contributed by atoms with Crippen molar-refractivity contribution in [2.24, 2.45) is 11.8 Å². The summed E-state index contributed by atoms with van der Waals surface area (Å²) in [6.45, 7) is 5.35. The van der Waals surface area contributed by atoms with Crippen LogP contribution in [0.2, 0.25) is 0 Å². The Morgan fingerprint density at radius 1 is 1.07 bits per heavy atom. The second kappa shape index (κ2) is 7.21.